The van der Waals surface area contributed by atoms with Gasteiger partial charge in [-0.05, 0) is 43.6 Å². The van der Waals surface area contributed by atoms with Gasteiger partial charge in [0.2, 0.25) is 0 Å². The van der Waals surface area contributed by atoms with Gasteiger partial charge in [-0.3, -0.25) is 0 Å². The summed E-state index contributed by atoms with van der Waals surface area (Å²) in [6.45, 7) is 5.04. The molecule has 2 aliphatic rings. The number of aliphatic hydroxyl groups excluding tert-OH is 1. The molecule has 1 aromatic rings. The van der Waals surface area contributed by atoms with E-state index >= 15 is 0 Å². The van der Waals surface area contributed by atoms with Crippen LogP contribution in [0.2, 0.25) is 0 Å². The van der Waals surface area contributed by atoms with Crippen molar-refractivity contribution in [1.82, 2.24) is 4.90 Å². The summed E-state index contributed by atoms with van der Waals surface area (Å²) >= 11 is 0. The average Bonchev–Trinajstić information content (AvgIpc) is 2.50. The summed E-state index contributed by atoms with van der Waals surface area (Å²) in [5, 5.41) is 10.4. The molecule has 23 heavy (non-hydrogen) atoms. The Balaban J connectivity index is 1.74. The molecular weight excluding hydrogens is 299 g/mol. The largest absolute Gasteiger partial charge is 0.483 e. The van der Waals surface area contributed by atoms with E-state index in [1.807, 2.05) is 0 Å². The second-order valence-electron chi connectivity index (χ2n) is 6.43. The zero-order chi connectivity index (χ0) is 16.4. The van der Waals surface area contributed by atoms with Crippen molar-refractivity contribution in [2.45, 2.75) is 44.4 Å². The standard InChI is InChI=1S/C17H25FN2O3/c1-2-4-12-10-22-17-13(18)7-11(8-15(17)23-12)16(21)14(19)9-20-5-3-6-20/h7-8,12,14,16,21H,2-6,9-10,19H2,1H3. The third kappa shape index (κ3) is 3.59. The minimum absolute atomic E-state index is 0.0750. The number of likely N-dealkylation sites (tertiary alicyclic amines) is 1. The molecule has 0 aromatic heterocycles. The lowest BCUT2D eigenvalue weighted by Gasteiger charge is -2.34. The zero-order valence-electron chi connectivity index (χ0n) is 13.5. The molecule has 5 nitrogen and oxygen atoms in total. The highest BCUT2D eigenvalue weighted by molar-refractivity contribution is 5.46. The predicted molar refractivity (Wildman–Crippen MR) is 85.2 cm³/mol. The van der Waals surface area contributed by atoms with Gasteiger partial charge in [-0.15, -0.1) is 0 Å². The summed E-state index contributed by atoms with van der Waals surface area (Å²) in [5.41, 5.74) is 6.51. The van der Waals surface area contributed by atoms with Crippen LogP contribution in [0, 0.1) is 5.82 Å². The Morgan fingerprint density at radius 2 is 2.22 bits per heavy atom. The number of hydrogen-bond donors (Lipinski definition) is 2. The van der Waals surface area contributed by atoms with Crippen molar-refractivity contribution in [2.75, 3.05) is 26.2 Å². The summed E-state index contributed by atoms with van der Waals surface area (Å²) < 4.78 is 25.5. The second-order valence-corrected chi connectivity index (χ2v) is 6.43. The van der Waals surface area contributed by atoms with Gasteiger partial charge in [-0.1, -0.05) is 13.3 Å². The number of halogens is 1. The molecule has 3 N–H and O–H groups in total. The summed E-state index contributed by atoms with van der Waals surface area (Å²) in [5.74, 6) is -0.0211. The fraction of sp³-hybridized carbons (Fsp3) is 0.647. The molecule has 0 radical (unpaired) electrons. The molecule has 0 saturated carbocycles. The van der Waals surface area contributed by atoms with E-state index in [0.29, 0.717) is 24.5 Å². The summed E-state index contributed by atoms with van der Waals surface area (Å²) in [7, 11) is 0. The van der Waals surface area contributed by atoms with Gasteiger partial charge in [-0.2, -0.15) is 0 Å². The van der Waals surface area contributed by atoms with Crippen LogP contribution in [0.3, 0.4) is 0 Å². The molecule has 3 atom stereocenters. The van der Waals surface area contributed by atoms with Crippen molar-refractivity contribution in [3.05, 3.63) is 23.5 Å². The monoisotopic (exact) mass is 324 g/mol. The average molecular weight is 324 g/mol. The Morgan fingerprint density at radius 1 is 1.43 bits per heavy atom. The molecular formula is C17H25FN2O3. The number of aliphatic hydroxyl groups is 1. The Bertz CT molecular complexity index is 551. The van der Waals surface area contributed by atoms with E-state index in [0.717, 1.165) is 25.9 Å². The Kier molecular flexibility index (Phi) is 5.04. The number of nitrogens with two attached hydrogens (primary N) is 1. The lowest BCUT2D eigenvalue weighted by molar-refractivity contribution is 0.0769. The maximum Gasteiger partial charge on any atom is 0.197 e. The molecule has 0 aliphatic carbocycles. The van der Waals surface area contributed by atoms with Gasteiger partial charge < -0.3 is 25.2 Å². The second kappa shape index (κ2) is 7.03. The van der Waals surface area contributed by atoms with Crippen LogP contribution in [0.4, 0.5) is 4.39 Å². The molecule has 0 bridgehead atoms. The molecule has 2 aliphatic heterocycles. The van der Waals surface area contributed by atoms with Gasteiger partial charge in [0.15, 0.2) is 17.3 Å². The molecule has 3 rings (SSSR count). The van der Waals surface area contributed by atoms with E-state index in [1.165, 1.54) is 12.5 Å². The fourth-order valence-electron chi connectivity index (χ4n) is 3.05. The first-order valence-electron chi connectivity index (χ1n) is 8.37. The van der Waals surface area contributed by atoms with Gasteiger partial charge in [-0.25, -0.2) is 4.39 Å². The summed E-state index contributed by atoms with van der Waals surface area (Å²) in [4.78, 5) is 2.18. The first-order chi connectivity index (χ1) is 11.1. The van der Waals surface area contributed by atoms with Crippen molar-refractivity contribution in [3.63, 3.8) is 0 Å². The minimum Gasteiger partial charge on any atom is -0.483 e. The van der Waals surface area contributed by atoms with E-state index < -0.39 is 18.0 Å². The fourth-order valence-corrected chi connectivity index (χ4v) is 3.05. The molecule has 3 unspecified atom stereocenters. The van der Waals surface area contributed by atoms with Crippen LogP contribution in [-0.2, 0) is 0 Å². The van der Waals surface area contributed by atoms with Gasteiger partial charge in [0.05, 0.1) is 6.10 Å². The quantitative estimate of drug-likeness (QED) is 0.836. The molecule has 1 fully saturated rings. The van der Waals surface area contributed by atoms with Gasteiger partial charge in [0.1, 0.15) is 12.7 Å². The number of benzene rings is 1. The Morgan fingerprint density at radius 3 is 2.87 bits per heavy atom. The summed E-state index contributed by atoms with van der Waals surface area (Å²) in [6.07, 6.45) is 1.98. The van der Waals surface area contributed by atoms with Crippen LogP contribution in [-0.4, -0.2) is 48.4 Å². The van der Waals surface area contributed by atoms with Crippen molar-refractivity contribution >= 4 is 0 Å². The van der Waals surface area contributed by atoms with Gasteiger partial charge in [0, 0.05) is 12.6 Å². The summed E-state index contributed by atoms with van der Waals surface area (Å²) in [6, 6.07) is 2.49. The van der Waals surface area contributed by atoms with E-state index in [1.54, 1.807) is 6.07 Å². The van der Waals surface area contributed by atoms with E-state index in [2.05, 4.69) is 11.8 Å². The van der Waals surface area contributed by atoms with E-state index in [-0.39, 0.29) is 11.9 Å². The molecule has 0 amide bonds. The maximum absolute atomic E-state index is 14.2. The molecule has 6 heteroatoms. The number of ether oxygens (including phenoxy) is 2. The van der Waals surface area contributed by atoms with Crippen molar-refractivity contribution in [3.8, 4) is 11.5 Å². The van der Waals surface area contributed by atoms with Crippen LogP contribution < -0.4 is 15.2 Å². The molecule has 128 valence electrons. The van der Waals surface area contributed by atoms with Gasteiger partial charge in [0.25, 0.3) is 0 Å². The highest BCUT2D eigenvalue weighted by Gasteiger charge is 2.28. The Hall–Kier alpha value is -1.37. The van der Waals surface area contributed by atoms with Crippen LogP contribution in [0.1, 0.15) is 37.9 Å². The molecule has 1 aromatic carbocycles. The Labute approximate surface area is 136 Å². The topological polar surface area (TPSA) is 68.0 Å². The highest BCUT2D eigenvalue weighted by atomic mass is 19.1. The number of nitrogens with zero attached hydrogens (tertiary/aromatic N) is 1. The first-order valence-corrected chi connectivity index (χ1v) is 8.37. The molecule has 0 spiro atoms. The normalized spacial score (nSPS) is 23.2. The number of fused-ring (bicyclic) bond motifs is 1. The van der Waals surface area contributed by atoms with E-state index in [9.17, 15) is 9.50 Å². The minimum atomic E-state index is -0.925. The van der Waals surface area contributed by atoms with Crippen LogP contribution in [0.5, 0.6) is 11.5 Å². The lowest BCUT2D eigenvalue weighted by Crippen LogP contribution is -2.47. The first kappa shape index (κ1) is 16.5. The van der Waals surface area contributed by atoms with Crippen molar-refractivity contribution in [2.24, 2.45) is 5.73 Å². The number of hydrogen-bond acceptors (Lipinski definition) is 5. The maximum atomic E-state index is 14.2. The zero-order valence-corrected chi connectivity index (χ0v) is 13.5. The van der Waals surface area contributed by atoms with Crippen LogP contribution in [0.15, 0.2) is 12.1 Å². The van der Waals surface area contributed by atoms with Crippen LogP contribution in [0.25, 0.3) is 0 Å². The van der Waals surface area contributed by atoms with Crippen molar-refractivity contribution < 1.29 is 19.0 Å². The molecule has 2 heterocycles. The van der Waals surface area contributed by atoms with Crippen molar-refractivity contribution in [1.29, 1.82) is 0 Å². The number of rotatable bonds is 6. The van der Waals surface area contributed by atoms with E-state index in [4.69, 9.17) is 15.2 Å². The van der Waals surface area contributed by atoms with Gasteiger partial charge >= 0.3 is 0 Å². The highest BCUT2D eigenvalue weighted by Crippen LogP contribution is 2.38. The SMILES string of the molecule is CCCC1COc2c(F)cc(C(O)C(N)CN3CCC3)cc2O1. The molecule has 1 saturated heterocycles. The lowest BCUT2D eigenvalue weighted by atomic mass is 10.00. The van der Waals surface area contributed by atoms with Crippen LogP contribution >= 0.6 is 0 Å². The third-order valence-corrected chi connectivity index (χ3v) is 4.51. The third-order valence-electron chi connectivity index (χ3n) is 4.51. The predicted octanol–water partition coefficient (Wildman–Crippen LogP) is 1.83. The smallest absolute Gasteiger partial charge is 0.197 e.